The van der Waals surface area contributed by atoms with E-state index in [9.17, 15) is 9.18 Å². The van der Waals surface area contributed by atoms with Crippen molar-refractivity contribution in [2.45, 2.75) is 25.8 Å². The maximum atomic E-state index is 13.7. The Bertz CT molecular complexity index is 444. The molecule has 1 heterocycles. The predicted molar refractivity (Wildman–Crippen MR) is 80.8 cm³/mol. The van der Waals surface area contributed by atoms with Crippen molar-refractivity contribution < 1.29 is 9.18 Å². The van der Waals surface area contributed by atoms with E-state index in [4.69, 9.17) is 11.6 Å². The van der Waals surface area contributed by atoms with Crippen molar-refractivity contribution in [3.63, 3.8) is 0 Å². The quantitative estimate of drug-likeness (QED) is 0.898. The minimum absolute atomic E-state index is 0. The van der Waals surface area contributed by atoms with Crippen LogP contribution in [0.3, 0.4) is 0 Å². The van der Waals surface area contributed by atoms with Gasteiger partial charge in [0, 0.05) is 16.5 Å². The first kappa shape index (κ1) is 17.2. The molecule has 1 amide bonds. The maximum Gasteiger partial charge on any atom is 0.223 e. The summed E-state index contributed by atoms with van der Waals surface area (Å²) in [6.45, 7) is 3.46. The molecule has 1 fully saturated rings. The average Bonchev–Trinajstić information content (AvgIpc) is 2.39. The van der Waals surface area contributed by atoms with Gasteiger partial charge in [-0.3, -0.25) is 4.79 Å². The molecule has 0 bridgehead atoms. The molecule has 0 spiro atoms. The lowest BCUT2D eigenvalue weighted by molar-refractivity contribution is -0.126. The molecule has 1 atom stereocenters. The van der Waals surface area contributed by atoms with E-state index in [2.05, 4.69) is 10.6 Å². The zero-order valence-electron chi connectivity index (χ0n) is 11.3. The molecular formula is C14H19Cl2FN2O. The highest BCUT2D eigenvalue weighted by Gasteiger charge is 2.24. The number of rotatable bonds is 3. The SMILES string of the molecule is CC(NC(=O)C1CCNCC1)c1c(F)cccc1Cl.Cl. The van der Waals surface area contributed by atoms with E-state index in [0.717, 1.165) is 25.9 Å². The van der Waals surface area contributed by atoms with Crippen molar-refractivity contribution in [2.75, 3.05) is 13.1 Å². The number of carbonyl (C=O) groups excluding carboxylic acids is 1. The fraction of sp³-hybridized carbons (Fsp3) is 0.500. The van der Waals surface area contributed by atoms with Gasteiger partial charge in [-0.05, 0) is 45.0 Å². The third kappa shape index (κ3) is 4.08. The van der Waals surface area contributed by atoms with Gasteiger partial charge in [-0.25, -0.2) is 4.39 Å². The molecular weight excluding hydrogens is 302 g/mol. The van der Waals surface area contributed by atoms with Gasteiger partial charge in [-0.1, -0.05) is 17.7 Å². The molecule has 1 unspecified atom stereocenters. The topological polar surface area (TPSA) is 41.1 Å². The highest BCUT2D eigenvalue weighted by Crippen LogP contribution is 2.26. The van der Waals surface area contributed by atoms with Gasteiger partial charge in [0.25, 0.3) is 0 Å². The lowest BCUT2D eigenvalue weighted by Crippen LogP contribution is -2.39. The van der Waals surface area contributed by atoms with Crippen LogP contribution in [0.25, 0.3) is 0 Å². The third-order valence-corrected chi connectivity index (χ3v) is 3.83. The molecule has 1 aliphatic rings. The summed E-state index contributed by atoms with van der Waals surface area (Å²) in [6.07, 6.45) is 1.65. The zero-order valence-corrected chi connectivity index (χ0v) is 12.9. The molecule has 1 saturated heterocycles. The zero-order chi connectivity index (χ0) is 13.8. The second-order valence-electron chi connectivity index (χ2n) is 4.89. The Labute approximate surface area is 129 Å². The summed E-state index contributed by atoms with van der Waals surface area (Å²) in [7, 11) is 0. The van der Waals surface area contributed by atoms with Gasteiger partial charge in [0.1, 0.15) is 5.82 Å². The summed E-state index contributed by atoms with van der Waals surface area (Å²) in [5, 5.41) is 6.41. The second-order valence-corrected chi connectivity index (χ2v) is 5.30. The normalized spacial score (nSPS) is 17.1. The van der Waals surface area contributed by atoms with Crippen LogP contribution < -0.4 is 10.6 Å². The number of halogens is 3. The summed E-state index contributed by atoms with van der Waals surface area (Å²) in [4.78, 5) is 12.1. The van der Waals surface area contributed by atoms with Gasteiger partial charge >= 0.3 is 0 Å². The molecule has 1 aromatic carbocycles. The van der Waals surface area contributed by atoms with Crippen molar-refractivity contribution in [2.24, 2.45) is 5.92 Å². The number of benzene rings is 1. The van der Waals surface area contributed by atoms with E-state index >= 15 is 0 Å². The van der Waals surface area contributed by atoms with Gasteiger partial charge in [0.05, 0.1) is 6.04 Å². The number of hydrogen-bond acceptors (Lipinski definition) is 2. The molecule has 0 radical (unpaired) electrons. The summed E-state index contributed by atoms with van der Waals surface area (Å²) in [5.41, 5.74) is 0.353. The van der Waals surface area contributed by atoms with Crippen molar-refractivity contribution in [3.8, 4) is 0 Å². The van der Waals surface area contributed by atoms with Crippen LogP contribution in [0.1, 0.15) is 31.4 Å². The molecule has 20 heavy (non-hydrogen) atoms. The van der Waals surface area contributed by atoms with Gasteiger partial charge in [0.2, 0.25) is 5.91 Å². The van der Waals surface area contributed by atoms with Crippen LogP contribution in [0, 0.1) is 11.7 Å². The highest BCUT2D eigenvalue weighted by molar-refractivity contribution is 6.31. The van der Waals surface area contributed by atoms with Crippen LogP contribution in [-0.4, -0.2) is 19.0 Å². The van der Waals surface area contributed by atoms with Crippen LogP contribution in [-0.2, 0) is 4.79 Å². The van der Waals surface area contributed by atoms with E-state index in [1.807, 2.05) is 0 Å². The molecule has 0 aromatic heterocycles. The first-order valence-electron chi connectivity index (χ1n) is 6.54. The summed E-state index contributed by atoms with van der Waals surface area (Å²) >= 11 is 5.99. The number of hydrogen-bond donors (Lipinski definition) is 2. The summed E-state index contributed by atoms with van der Waals surface area (Å²) < 4.78 is 13.7. The number of piperidine rings is 1. The Balaban J connectivity index is 0.00000200. The Kier molecular flexibility index (Phi) is 6.72. The molecule has 0 saturated carbocycles. The molecule has 1 aromatic rings. The van der Waals surface area contributed by atoms with Crippen LogP contribution in [0.4, 0.5) is 4.39 Å². The van der Waals surface area contributed by atoms with Crippen molar-refractivity contribution >= 4 is 29.9 Å². The van der Waals surface area contributed by atoms with Crippen LogP contribution in [0.15, 0.2) is 18.2 Å². The Morgan fingerprint density at radius 2 is 2.10 bits per heavy atom. The van der Waals surface area contributed by atoms with Gasteiger partial charge < -0.3 is 10.6 Å². The average molecular weight is 321 g/mol. The predicted octanol–water partition coefficient (Wildman–Crippen LogP) is 3.08. The molecule has 0 aliphatic carbocycles. The van der Waals surface area contributed by atoms with E-state index in [0.29, 0.717) is 10.6 Å². The molecule has 6 heteroatoms. The second kappa shape index (κ2) is 7.81. The molecule has 2 rings (SSSR count). The summed E-state index contributed by atoms with van der Waals surface area (Å²) in [6, 6.07) is 4.13. The Hall–Kier alpha value is -0.840. The maximum absolute atomic E-state index is 13.7. The van der Waals surface area contributed by atoms with Crippen LogP contribution in [0.5, 0.6) is 0 Å². The number of carbonyl (C=O) groups is 1. The van der Waals surface area contributed by atoms with Crippen LogP contribution >= 0.6 is 24.0 Å². The monoisotopic (exact) mass is 320 g/mol. The number of amides is 1. The largest absolute Gasteiger partial charge is 0.349 e. The van der Waals surface area contributed by atoms with Gasteiger partial charge in [-0.2, -0.15) is 0 Å². The molecule has 1 aliphatic heterocycles. The fourth-order valence-electron chi connectivity index (χ4n) is 2.41. The van der Waals surface area contributed by atoms with Crippen molar-refractivity contribution in [3.05, 3.63) is 34.6 Å². The van der Waals surface area contributed by atoms with E-state index in [1.165, 1.54) is 6.07 Å². The smallest absolute Gasteiger partial charge is 0.223 e. The first-order chi connectivity index (χ1) is 9.09. The van der Waals surface area contributed by atoms with Gasteiger partial charge in [-0.15, -0.1) is 12.4 Å². The lowest BCUT2D eigenvalue weighted by Gasteiger charge is -2.24. The lowest BCUT2D eigenvalue weighted by atomic mass is 9.96. The molecule has 112 valence electrons. The highest BCUT2D eigenvalue weighted by atomic mass is 35.5. The first-order valence-corrected chi connectivity index (χ1v) is 6.92. The third-order valence-electron chi connectivity index (χ3n) is 3.50. The van der Waals surface area contributed by atoms with Crippen molar-refractivity contribution in [1.82, 2.24) is 10.6 Å². The molecule has 3 nitrogen and oxygen atoms in total. The molecule has 2 N–H and O–H groups in total. The minimum atomic E-state index is -0.420. The van der Waals surface area contributed by atoms with E-state index < -0.39 is 6.04 Å². The Morgan fingerprint density at radius 3 is 2.70 bits per heavy atom. The van der Waals surface area contributed by atoms with Crippen molar-refractivity contribution in [1.29, 1.82) is 0 Å². The van der Waals surface area contributed by atoms with E-state index in [1.54, 1.807) is 19.1 Å². The fourth-order valence-corrected chi connectivity index (χ4v) is 2.74. The standard InChI is InChI=1S/C14H18ClFN2O.ClH/c1-9(13-11(15)3-2-4-12(13)16)18-14(19)10-5-7-17-8-6-10;/h2-4,9-10,17H,5-8H2,1H3,(H,18,19);1H. The summed E-state index contributed by atoms with van der Waals surface area (Å²) in [5.74, 6) is -0.395. The van der Waals surface area contributed by atoms with E-state index in [-0.39, 0.29) is 30.0 Å². The number of nitrogens with one attached hydrogen (secondary N) is 2. The minimum Gasteiger partial charge on any atom is -0.349 e. The van der Waals surface area contributed by atoms with Crippen LogP contribution in [0.2, 0.25) is 5.02 Å². The van der Waals surface area contributed by atoms with Gasteiger partial charge in [0.15, 0.2) is 0 Å². The Morgan fingerprint density at radius 1 is 1.45 bits per heavy atom.